The van der Waals surface area contributed by atoms with Gasteiger partial charge in [-0.1, -0.05) is 18.2 Å². The molecule has 1 atom stereocenters. The van der Waals surface area contributed by atoms with Crippen LogP contribution in [0.4, 0.5) is 0 Å². The fourth-order valence-electron chi connectivity index (χ4n) is 2.73. The van der Waals surface area contributed by atoms with E-state index in [1.807, 2.05) is 12.1 Å². The van der Waals surface area contributed by atoms with Gasteiger partial charge < -0.3 is 5.11 Å². The lowest BCUT2D eigenvalue weighted by Gasteiger charge is -2.22. The van der Waals surface area contributed by atoms with Crippen molar-refractivity contribution in [3.05, 3.63) is 48.7 Å². The predicted molar refractivity (Wildman–Crippen MR) is 82.5 cm³/mol. The first-order valence-electron chi connectivity index (χ1n) is 7.19. The van der Waals surface area contributed by atoms with Crippen LogP contribution in [0.15, 0.2) is 47.4 Å². The van der Waals surface area contributed by atoms with Gasteiger partial charge in [-0.05, 0) is 37.1 Å². The molecule has 2 aromatic rings. The lowest BCUT2D eigenvalue weighted by molar-refractivity contribution is 0.213. The maximum Gasteiger partial charge on any atom is 0.243 e. The van der Waals surface area contributed by atoms with E-state index in [1.54, 1.807) is 30.3 Å². The Morgan fingerprint density at radius 3 is 2.68 bits per heavy atom. The molecule has 1 N–H and O–H groups in total. The second-order valence-electron chi connectivity index (χ2n) is 5.27. The van der Waals surface area contributed by atoms with Crippen molar-refractivity contribution in [2.75, 3.05) is 13.2 Å². The second-order valence-corrected chi connectivity index (χ2v) is 7.16. The molecule has 1 aliphatic heterocycles. The molecule has 1 aromatic carbocycles. The van der Waals surface area contributed by atoms with Crippen LogP contribution in [0.25, 0.3) is 11.3 Å². The largest absolute Gasteiger partial charge is 0.395 e. The van der Waals surface area contributed by atoms with Crippen LogP contribution in [0.1, 0.15) is 12.8 Å². The van der Waals surface area contributed by atoms with Gasteiger partial charge in [-0.3, -0.25) is 0 Å². The van der Waals surface area contributed by atoms with Gasteiger partial charge in [0.1, 0.15) is 0 Å². The Labute approximate surface area is 130 Å². The molecule has 0 spiro atoms. The molecule has 1 unspecified atom stereocenters. The number of aliphatic hydroxyl groups excluding tert-OH is 1. The van der Waals surface area contributed by atoms with Crippen LogP contribution in [-0.2, 0) is 10.0 Å². The highest BCUT2D eigenvalue weighted by molar-refractivity contribution is 7.89. The summed E-state index contributed by atoms with van der Waals surface area (Å²) in [5.41, 5.74) is 1.59. The Morgan fingerprint density at radius 1 is 1.27 bits per heavy atom. The standard InChI is InChI=1S/C16H17N2O3S/c19-12-14-4-3-11-18(14)22(20,21)15-8-6-13(7-9-15)16-5-1-2-10-17-16/h1-2,5-9,14,19H,3-4,11-12H2. The first-order valence-corrected chi connectivity index (χ1v) is 8.63. The van der Waals surface area contributed by atoms with Crippen molar-refractivity contribution in [1.82, 2.24) is 9.29 Å². The lowest BCUT2D eigenvalue weighted by Crippen LogP contribution is -2.37. The number of pyridine rings is 1. The summed E-state index contributed by atoms with van der Waals surface area (Å²) in [6.07, 6.45) is 4.25. The molecule has 3 rings (SSSR count). The van der Waals surface area contributed by atoms with Gasteiger partial charge in [0.2, 0.25) is 10.0 Å². The van der Waals surface area contributed by atoms with Gasteiger partial charge in [-0.25, -0.2) is 13.4 Å². The minimum absolute atomic E-state index is 0.138. The Kier molecular flexibility index (Phi) is 4.24. The van der Waals surface area contributed by atoms with Crippen LogP contribution >= 0.6 is 0 Å². The zero-order chi connectivity index (χ0) is 15.6. The molecule has 0 aliphatic carbocycles. The van der Waals surface area contributed by atoms with E-state index in [0.29, 0.717) is 13.0 Å². The highest BCUT2D eigenvalue weighted by atomic mass is 32.2. The van der Waals surface area contributed by atoms with Gasteiger partial charge in [-0.15, -0.1) is 0 Å². The maximum atomic E-state index is 12.6. The SMILES string of the molecule is O=S(=O)(c1ccc(-c2ccc[c]n2)cc1)N1CCCC1CO. The van der Waals surface area contributed by atoms with Gasteiger partial charge in [0.25, 0.3) is 0 Å². The molecule has 1 radical (unpaired) electrons. The average molecular weight is 317 g/mol. The molecule has 1 aromatic heterocycles. The number of aromatic nitrogens is 1. The van der Waals surface area contributed by atoms with E-state index in [9.17, 15) is 13.5 Å². The first kappa shape index (κ1) is 15.1. The molecule has 0 saturated carbocycles. The molecule has 0 amide bonds. The molecular weight excluding hydrogens is 300 g/mol. The predicted octanol–water partition coefficient (Wildman–Crippen LogP) is 1.69. The molecule has 1 fully saturated rings. The highest BCUT2D eigenvalue weighted by Gasteiger charge is 2.34. The van der Waals surface area contributed by atoms with Crippen molar-refractivity contribution < 1.29 is 13.5 Å². The van der Waals surface area contributed by atoms with E-state index in [1.165, 1.54) is 4.31 Å². The third-order valence-electron chi connectivity index (χ3n) is 3.90. The maximum absolute atomic E-state index is 12.6. The van der Waals surface area contributed by atoms with Crippen molar-refractivity contribution in [3.8, 4) is 11.3 Å². The lowest BCUT2D eigenvalue weighted by atomic mass is 10.1. The van der Waals surface area contributed by atoms with Gasteiger partial charge in [0, 0.05) is 18.2 Å². The zero-order valence-electron chi connectivity index (χ0n) is 12.0. The second kappa shape index (κ2) is 6.16. The molecule has 5 nitrogen and oxygen atoms in total. The summed E-state index contributed by atoms with van der Waals surface area (Å²) in [6.45, 7) is 0.325. The monoisotopic (exact) mass is 317 g/mol. The van der Waals surface area contributed by atoms with Crippen molar-refractivity contribution in [2.45, 2.75) is 23.8 Å². The van der Waals surface area contributed by atoms with E-state index in [-0.39, 0.29) is 17.5 Å². The topological polar surface area (TPSA) is 70.5 Å². The normalized spacial score (nSPS) is 19.4. The van der Waals surface area contributed by atoms with E-state index in [4.69, 9.17) is 0 Å². The fraction of sp³-hybridized carbons (Fsp3) is 0.312. The van der Waals surface area contributed by atoms with Crippen molar-refractivity contribution in [1.29, 1.82) is 0 Å². The molecule has 0 bridgehead atoms. The molecule has 115 valence electrons. The zero-order valence-corrected chi connectivity index (χ0v) is 12.8. The van der Waals surface area contributed by atoms with Gasteiger partial charge >= 0.3 is 0 Å². The minimum atomic E-state index is -3.55. The van der Waals surface area contributed by atoms with Gasteiger partial charge in [0.05, 0.1) is 23.4 Å². The summed E-state index contributed by atoms with van der Waals surface area (Å²) < 4.78 is 26.7. The Bertz CT molecular complexity index is 730. The van der Waals surface area contributed by atoms with E-state index in [0.717, 1.165) is 17.7 Å². The average Bonchev–Trinajstić information content (AvgIpc) is 3.05. The smallest absolute Gasteiger partial charge is 0.243 e. The first-order chi connectivity index (χ1) is 10.6. The number of rotatable bonds is 4. The number of nitrogens with zero attached hydrogens (tertiary/aromatic N) is 2. The Hall–Kier alpha value is -1.76. The fourth-order valence-corrected chi connectivity index (χ4v) is 4.41. The summed E-state index contributed by atoms with van der Waals surface area (Å²) in [4.78, 5) is 4.37. The Morgan fingerprint density at radius 2 is 2.05 bits per heavy atom. The molecule has 1 aliphatic rings. The molecule has 6 heteroatoms. The number of sulfonamides is 1. The van der Waals surface area contributed by atoms with Gasteiger partial charge in [-0.2, -0.15) is 4.31 Å². The van der Waals surface area contributed by atoms with Crippen LogP contribution in [0.5, 0.6) is 0 Å². The van der Waals surface area contributed by atoms with Gasteiger partial charge in [0.15, 0.2) is 0 Å². The van der Waals surface area contributed by atoms with Crippen LogP contribution in [0.3, 0.4) is 0 Å². The van der Waals surface area contributed by atoms with E-state index < -0.39 is 10.0 Å². The molecule has 2 heterocycles. The third kappa shape index (κ3) is 2.77. The molecular formula is C16H17N2O3S. The minimum Gasteiger partial charge on any atom is -0.395 e. The number of hydrogen-bond acceptors (Lipinski definition) is 4. The number of benzene rings is 1. The quantitative estimate of drug-likeness (QED) is 0.931. The van der Waals surface area contributed by atoms with Crippen molar-refractivity contribution in [3.63, 3.8) is 0 Å². The van der Waals surface area contributed by atoms with E-state index in [2.05, 4.69) is 11.2 Å². The number of hydrogen-bond donors (Lipinski definition) is 1. The van der Waals surface area contributed by atoms with E-state index >= 15 is 0 Å². The molecule has 22 heavy (non-hydrogen) atoms. The molecule has 1 saturated heterocycles. The van der Waals surface area contributed by atoms with Crippen molar-refractivity contribution in [2.24, 2.45) is 0 Å². The summed E-state index contributed by atoms with van der Waals surface area (Å²) in [5.74, 6) is 0. The highest BCUT2D eigenvalue weighted by Crippen LogP contribution is 2.27. The van der Waals surface area contributed by atoms with Crippen LogP contribution in [-0.4, -0.2) is 42.0 Å². The summed E-state index contributed by atoms with van der Waals surface area (Å²) >= 11 is 0. The van der Waals surface area contributed by atoms with Crippen LogP contribution in [0.2, 0.25) is 0 Å². The van der Waals surface area contributed by atoms with Crippen LogP contribution in [0, 0.1) is 6.20 Å². The third-order valence-corrected chi connectivity index (χ3v) is 5.87. The summed E-state index contributed by atoms with van der Waals surface area (Å²) in [7, 11) is -3.55. The number of aliphatic hydroxyl groups is 1. The summed E-state index contributed by atoms with van der Waals surface area (Å²) in [5, 5.41) is 9.32. The Balaban J connectivity index is 1.89. The van der Waals surface area contributed by atoms with Crippen molar-refractivity contribution >= 4 is 10.0 Å². The summed E-state index contributed by atoms with van der Waals surface area (Å²) in [6, 6.07) is 11.8. The van der Waals surface area contributed by atoms with Crippen LogP contribution < -0.4 is 0 Å².